The fourth-order valence-corrected chi connectivity index (χ4v) is 3.50. The smallest absolute Gasteiger partial charge is 0.240 e. The van der Waals surface area contributed by atoms with E-state index >= 15 is 0 Å². The Bertz CT molecular complexity index is 540. The molecule has 1 aromatic rings. The summed E-state index contributed by atoms with van der Waals surface area (Å²) in [4.78, 5) is 12.7. The maximum atomic E-state index is 12.4. The number of ether oxygens (including phenoxy) is 1. The van der Waals surface area contributed by atoms with Crippen molar-refractivity contribution in [3.8, 4) is 5.75 Å². The number of carbonyl (C=O) groups is 1. The molecule has 1 aliphatic heterocycles. The molecule has 3 N–H and O–H groups in total. The standard InChI is InChI=1S/C14H18N2O2S2/c1-14(6-3-7-20-14)13(17)16-10-5-4-9(12(15)19)8-11(10)18-2/h4-5,8H,3,6-7H2,1-2H3,(H2,15,19)(H,16,17). The van der Waals surface area contributed by atoms with Crippen molar-refractivity contribution in [2.24, 2.45) is 5.73 Å². The summed E-state index contributed by atoms with van der Waals surface area (Å²) in [6.07, 6.45) is 1.98. The van der Waals surface area contributed by atoms with Gasteiger partial charge in [0.2, 0.25) is 5.91 Å². The third-order valence-electron chi connectivity index (χ3n) is 3.43. The van der Waals surface area contributed by atoms with E-state index < -0.39 is 0 Å². The summed E-state index contributed by atoms with van der Waals surface area (Å²) in [5, 5.41) is 2.94. The number of amides is 1. The number of carbonyl (C=O) groups excluding carboxylic acids is 1. The lowest BCUT2D eigenvalue weighted by molar-refractivity contribution is -0.118. The van der Waals surface area contributed by atoms with E-state index in [2.05, 4.69) is 5.32 Å². The van der Waals surface area contributed by atoms with Crippen molar-refractivity contribution < 1.29 is 9.53 Å². The molecule has 1 unspecified atom stereocenters. The lowest BCUT2D eigenvalue weighted by Crippen LogP contribution is -2.34. The SMILES string of the molecule is COc1cc(C(N)=S)ccc1NC(=O)C1(C)CCCS1. The molecule has 4 nitrogen and oxygen atoms in total. The number of methoxy groups -OCH3 is 1. The first-order chi connectivity index (χ1) is 9.46. The number of benzene rings is 1. The van der Waals surface area contributed by atoms with E-state index in [9.17, 15) is 4.79 Å². The van der Waals surface area contributed by atoms with Crippen LogP contribution in [0.3, 0.4) is 0 Å². The average Bonchev–Trinajstić information content (AvgIpc) is 2.87. The maximum absolute atomic E-state index is 12.4. The minimum atomic E-state index is -0.354. The Morgan fingerprint density at radius 1 is 1.55 bits per heavy atom. The largest absolute Gasteiger partial charge is 0.495 e. The molecule has 20 heavy (non-hydrogen) atoms. The van der Waals surface area contributed by atoms with Gasteiger partial charge in [0.15, 0.2) is 0 Å². The molecule has 6 heteroatoms. The molecule has 1 fully saturated rings. The molecule has 0 bridgehead atoms. The lowest BCUT2D eigenvalue weighted by atomic mass is 10.0. The van der Waals surface area contributed by atoms with Gasteiger partial charge in [-0.15, -0.1) is 11.8 Å². The predicted molar refractivity (Wildman–Crippen MR) is 87.6 cm³/mol. The highest BCUT2D eigenvalue weighted by Gasteiger charge is 2.37. The van der Waals surface area contributed by atoms with E-state index in [1.165, 1.54) is 0 Å². The molecule has 1 saturated heterocycles. The second kappa shape index (κ2) is 6.01. The molecular weight excluding hydrogens is 292 g/mol. The molecule has 1 atom stereocenters. The van der Waals surface area contributed by atoms with Crippen molar-refractivity contribution in [1.29, 1.82) is 0 Å². The van der Waals surface area contributed by atoms with Crippen LogP contribution in [0.1, 0.15) is 25.3 Å². The minimum Gasteiger partial charge on any atom is -0.495 e. The van der Waals surface area contributed by atoms with Gasteiger partial charge < -0.3 is 15.8 Å². The quantitative estimate of drug-likeness (QED) is 0.837. The molecule has 0 radical (unpaired) electrons. The summed E-state index contributed by atoms with van der Waals surface area (Å²) in [6.45, 7) is 1.98. The van der Waals surface area contributed by atoms with Crippen molar-refractivity contribution in [2.75, 3.05) is 18.2 Å². The Balaban J connectivity index is 2.20. The normalized spacial score (nSPS) is 21.5. The minimum absolute atomic E-state index is 0.0152. The Labute approximate surface area is 128 Å². The van der Waals surface area contributed by atoms with E-state index in [1.807, 2.05) is 6.92 Å². The third kappa shape index (κ3) is 3.07. The third-order valence-corrected chi connectivity index (χ3v) is 5.19. The van der Waals surface area contributed by atoms with Crippen LogP contribution in [-0.2, 0) is 4.79 Å². The van der Waals surface area contributed by atoms with Gasteiger partial charge in [0.25, 0.3) is 0 Å². The summed E-state index contributed by atoms with van der Waals surface area (Å²) >= 11 is 6.64. The van der Waals surface area contributed by atoms with Gasteiger partial charge in [0.1, 0.15) is 10.7 Å². The van der Waals surface area contributed by atoms with Gasteiger partial charge in [-0.1, -0.05) is 12.2 Å². The first-order valence-corrected chi connectivity index (χ1v) is 7.79. The Hall–Kier alpha value is -1.27. The van der Waals surface area contributed by atoms with Crippen LogP contribution in [0.15, 0.2) is 18.2 Å². The van der Waals surface area contributed by atoms with E-state index in [0.29, 0.717) is 16.4 Å². The predicted octanol–water partition coefficient (Wildman–Crippen LogP) is 2.55. The van der Waals surface area contributed by atoms with Crippen LogP contribution >= 0.6 is 24.0 Å². The molecule has 1 heterocycles. The molecule has 0 spiro atoms. The van der Waals surface area contributed by atoms with Crippen LogP contribution < -0.4 is 15.8 Å². The van der Waals surface area contributed by atoms with Crippen molar-refractivity contribution in [1.82, 2.24) is 0 Å². The van der Waals surface area contributed by atoms with Crippen molar-refractivity contribution >= 4 is 40.6 Å². The molecule has 1 amide bonds. The molecular formula is C14H18N2O2S2. The molecule has 0 aromatic heterocycles. The highest BCUT2D eigenvalue weighted by molar-refractivity contribution is 8.01. The second-order valence-electron chi connectivity index (χ2n) is 4.92. The van der Waals surface area contributed by atoms with Crippen LogP contribution in [-0.4, -0.2) is 28.5 Å². The topological polar surface area (TPSA) is 64.3 Å². The Morgan fingerprint density at radius 3 is 2.85 bits per heavy atom. The summed E-state index contributed by atoms with van der Waals surface area (Å²) in [5.41, 5.74) is 6.96. The van der Waals surface area contributed by atoms with Gasteiger partial charge >= 0.3 is 0 Å². The zero-order chi connectivity index (χ0) is 14.8. The first-order valence-electron chi connectivity index (χ1n) is 6.39. The highest BCUT2D eigenvalue weighted by Crippen LogP contribution is 2.39. The highest BCUT2D eigenvalue weighted by atomic mass is 32.2. The number of anilines is 1. The zero-order valence-corrected chi connectivity index (χ0v) is 13.2. The average molecular weight is 310 g/mol. The number of hydrogen-bond acceptors (Lipinski definition) is 4. The maximum Gasteiger partial charge on any atom is 0.240 e. The lowest BCUT2D eigenvalue weighted by Gasteiger charge is -2.22. The fraction of sp³-hybridized carbons (Fsp3) is 0.429. The van der Waals surface area contributed by atoms with Crippen LogP contribution in [0.25, 0.3) is 0 Å². The summed E-state index contributed by atoms with van der Waals surface area (Å²) in [6, 6.07) is 5.29. The number of nitrogens with one attached hydrogen (secondary N) is 1. The van der Waals surface area contributed by atoms with Gasteiger partial charge in [0, 0.05) is 5.56 Å². The van der Waals surface area contributed by atoms with E-state index in [-0.39, 0.29) is 10.7 Å². The number of hydrogen-bond donors (Lipinski definition) is 2. The Kier molecular flexibility index (Phi) is 4.55. The molecule has 0 aliphatic carbocycles. The fourth-order valence-electron chi connectivity index (χ4n) is 2.16. The van der Waals surface area contributed by atoms with Gasteiger partial charge in [-0.25, -0.2) is 0 Å². The van der Waals surface area contributed by atoms with Crippen LogP contribution in [0.2, 0.25) is 0 Å². The summed E-state index contributed by atoms with van der Waals surface area (Å²) in [7, 11) is 1.56. The summed E-state index contributed by atoms with van der Waals surface area (Å²) in [5.74, 6) is 1.61. The van der Waals surface area contributed by atoms with Gasteiger partial charge in [-0.3, -0.25) is 4.79 Å². The van der Waals surface area contributed by atoms with Crippen LogP contribution in [0, 0.1) is 0 Å². The van der Waals surface area contributed by atoms with E-state index in [0.717, 1.165) is 24.2 Å². The second-order valence-corrected chi connectivity index (χ2v) is 6.95. The first kappa shape index (κ1) is 15.1. The number of nitrogens with two attached hydrogens (primary N) is 1. The van der Waals surface area contributed by atoms with Crippen molar-refractivity contribution in [3.05, 3.63) is 23.8 Å². The van der Waals surface area contributed by atoms with Gasteiger partial charge in [0.05, 0.1) is 17.5 Å². The number of thiocarbonyl (C=S) groups is 1. The molecule has 1 aliphatic rings. The summed E-state index contributed by atoms with van der Waals surface area (Å²) < 4.78 is 4.94. The van der Waals surface area contributed by atoms with Crippen molar-refractivity contribution in [3.63, 3.8) is 0 Å². The Morgan fingerprint density at radius 2 is 2.30 bits per heavy atom. The monoisotopic (exact) mass is 310 g/mol. The molecule has 1 aromatic carbocycles. The number of rotatable bonds is 4. The number of thioether (sulfide) groups is 1. The molecule has 108 valence electrons. The van der Waals surface area contributed by atoms with Crippen LogP contribution in [0.5, 0.6) is 5.75 Å². The molecule has 0 saturated carbocycles. The van der Waals surface area contributed by atoms with Gasteiger partial charge in [-0.2, -0.15) is 0 Å². The molecule has 2 rings (SSSR count). The van der Waals surface area contributed by atoms with Gasteiger partial charge in [-0.05, 0) is 43.7 Å². The van der Waals surface area contributed by atoms with Crippen molar-refractivity contribution in [2.45, 2.75) is 24.5 Å². The van der Waals surface area contributed by atoms with E-state index in [4.69, 9.17) is 22.7 Å². The van der Waals surface area contributed by atoms with E-state index in [1.54, 1.807) is 37.1 Å². The zero-order valence-electron chi connectivity index (χ0n) is 11.6. The van der Waals surface area contributed by atoms with Crippen LogP contribution in [0.4, 0.5) is 5.69 Å².